The van der Waals surface area contributed by atoms with Gasteiger partial charge in [0.25, 0.3) is 0 Å². The van der Waals surface area contributed by atoms with Crippen molar-refractivity contribution in [2.45, 2.75) is 148 Å². The Hall–Kier alpha value is -12.1. The molecule has 0 heterocycles. The van der Waals surface area contributed by atoms with Crippen molar-refractivity contribution in [3.05, 3.63) is 288 Å². The topological polar surface area (TPSA) is 283 Å². The monoisotopic (exact) mass is 1500 g/mol. The largest absolute Gasteiger partial charge is 0.508 e. The van der Waals surface area contributed by atoms with E-state index >= 15 is 0 Å². The van der Waals surface area contributed by atoms with Crippen LogP contribution in [0.25, 0.3) is 44.2 Å². The van der Waals surface area contributed by atoms with Crippen molar-refractivity contribution < 1.29 is 84.7 Å². The Morgan fingerprint density at radius 1 is 0.229 bits per heavy atom. The first-order valence-corrected chi connectivity index (χ1v) is 36.1. The number of hydrogen-bond acceptors (Lipinski definition) is 14. The van der Waals surface area contributed by atoms with Gasteiger partial charge in [-0.05, 0) is 138 Å². The third-order valence-corrected chi connectivity index (χ3v) is 15.2. The van der Waals surface area contributed by atoms with Crippen LogP contribution in [-0.4, -0.2) is 71.5 Å². The van der Waals surface area contributed by atoms with Gasteiger partial charge in [-0.1, -0.05) is 274 Å². The van der Waals surface area contributed by atoms with E-state index < -0.39 is 11.7 Å². The van der Waals surface area contributed by atoms with E-state index in [4.69, 9.17) is 20.4 Å². The molecule has 12 aromatic rings. The SMILES string of the molecule is CC.CC.CC.CC.CC(C)c1ccc(O)c(O)c1.CC(C)c1ccc(O)cc1O.CC(C)c1ccc(O)cc1O.Cc1cc(C(C)C)cc(C(F)(F)F)c1.Oc1cccc2c(O)cccc12.Oc1ccccc1-c1ccccc1O.Oc1ccccc1-c1ccccc1O.Oc1ccccc1-c1ccccc1O. The molecule has 0 radical (unpaired) electrons. The molecule has 109 heavy (non-hydrogen) atoms. The Bertz CT molecular complexity index is 4150. The Labute approximate surface area is 641 Å². The molecule has 0 aliphatic rings. The summed E-state index contributed by atoms with van der Waals surface area (Å²) in [7, 11) is 0. The van der Waals surface area contributed by atoms with Gasteiger partial charge < -0.3 is 71.5 Å². The van der Waals surface area contributed by atoms with Gasteiger partial charge in [0.15, 0.2) is 11.5 Å². The zero-order valence-corrected chi connectivity index (χ0v) is 65.5. The lowest BCUT2D eigenvalue weighted by atomic mass is 9.98. The van der Waals surface area contributed by atoms with Crippen molar-refractivity contribution in [2.24, 2.45) is 0 Å². The molecule has 0 amide bonds. The highest BCUT2D eigenvalue weighted by Gasteiger charge is 2.31. The number of phenolic OH excluding ortho intramolecular Hbond substituents is 14. The van der Waals surface area contributed by atoms with Crippen LogP contribution in [0, 0.1) is 6.92 Å². The molecule has 0 saturated carbocycles. The molecule has 584 valence electrons. The van der Waals surface area contributed by atoms with Gasteiger partial charge in [0.2, 0.25) is 0 Å². The number of aryl methyl sites for hydroxylation is 1. The van der Waals surface area contributed by atoms with Crippen molar-refractivity contribution in [3.8, 4) is 114 Å². The van der Waals surface area contributed by atoms with Crippen LogP contribution in [0.5, 0.6) is 80.5 Å². The first kappa shape index (κ1) is 94.9. The molecule has 0 atom stereocenters. The molecule has 0 aliphatic carbocycles. The number of rotatable bonds is 7. The van der Waals surface area contributed by atoms with Gasteiger partial charge >= 0.3 is 6.18 Å². The first-order chi connectivity index (χ1) is 51.8. The molecule has 0 aromatic heterocycles. The number of fused-ring (bicyclic) bond motifs is 1. The summed E-state index contributed by atoms with van der Waals surface area (Å²) in [6.45, 7) is 33.5. The number of aromatic hydroxyl groups is 14. The fourth-order valence-corrected chi connectivity index (χ4v) is 9.74. The molecule has 0 fully saturated rings. The summed E-state index contributed by atoms with van der Waals surface area (Å²) in [4.78, 5) is 0. The smallest absolute Gasteiger partial charge is 0.416 e. The Morgan fingerprint density at radius 2 is 0.505 bits per heavy atom. The second kappa shape index (κ2) is 49.6. The maximum atomic E-state index is 12.4. The predicted molar refractivity (Wildman–Crippen MR) is 440 cm³/mol. The van der Waals surface area contributed by atoms with E-state index in [2.05, 4.69) is 0 Å². The maximum Gasteiger partial charge on any atom is 0.416 e. The highest BCUT2D eigenvalue weighted by Crippen LogP contribution is 2.39. The quantitative estimate of drug-likeness (QED) is 0.0661. The molecule has 0 aliphatic heterocycles. The van der Waals surface area contributed by atoms with Crippen LogP contribution < -0.4 is 0 Å². The molecule has 0 spiro atoms. The van der Waals surface area contributed by atoms with Crippen LogP contribution in [0.15, 0.2) is 255 Å². The zero-order chi connectivity index (χ0) is 82.7. The van der Waals surface area contributed by atoms with Gasteiger partial charge in [-0.2, -0.15) is 13.2 Å². The number of para-hydroxylation sites is 6. The van der Waals surface area contributed by atoms with Crippen LogP contribution >= 0.6 is 0 Å². The molecule has 0 unspecified atom stereocenters. The predicted octanol–water partition coefficient (Wildman–Crippen LogP) is 25.5. The minimum absolute atomic E-state index is 0.0452. The molecule has 17 heteroatoms. The van der Waals surface area contributed by atoms with Gasteiger partial charge in [0.1, 0.15) is 69.0 Å². The number of benzene rings is 12. The lowest BCUT2D eigenvalue weighted by Crippen LogP contribution is -2.06. The second-order valence-electron chi connectivity index (χ2n) is 24.2. The Kier molecular flexibility index (Phi) is 43.2. The summed E-state index contributed by atoms with van der Waals surface area (Å²) in [5, 5.41) is 132. The minimum Gasteiger partial charge on any atom is -0.508 e. The Morgan fingerprint density at radius 3 is 0.743 bits per heavy atom. The normalized spacial score (nSPS) is 9.94. The highest BCUT2D eigenvalue weighted by atomic mass is 19.4. The summed E-state index contributed by atoms with van der Waals surface area (Å²) < 4.78 is 37.2. The number of halogens is 3. The Balaban J connectivity index is 0.000000615. The lowest BCUT2D eigenvalue weighted by molar-refractivity contribution is -0.137. The van der Waals surface area contributed by atoms with E-state index in [1.165, 1.54) is 30.3 Å². The standard InChI is InChI=1S/3C12H10O2.C11H13F3.C10H8O2.3C9H12O2.4C2H6/c3*13-11-7-3-1-5-9(11)10-6-2-4-8-12(10)14;1-7(2)9-4-8(3)5-10(6-9)11(12,13)14;11-9-5-1-3-7-8(9)4-2-6-10(7)12;2*1-6(2)8-4-3-7(10)5-9(8)11;1-6(2)7-3-4-8(10)9(11)5-7;4*1-2/h3*1-8,13-14H;4-7H,1-3H3;1-6,11-12H;3*3-6,10-11H,1-2H3;4*1-2H3. The average Bonchev–Trinajstić information content (AvgIpc) is 0.834. The van der Waals surface area contributed by atoms with E-state index in [0.29, 0.717) is 55.6 Å². The number of phenols is 14. The molecule has 14 N–H and O–H groups in total. The molecule has 14 nitrogen and oxygen atoms in total. The van der Waals surface area contributed by atoms with Crippen LogP contribution in [0.2, 0.25) is 0 Å². The van der Waals surface area contributed by atoms with Gasteiger partial charge in [0.05, 0.1) is 5.56 Å². The third-order valence-electron chi connectivity index (χ3n) is 15.2. The van der Waals surface area contributed by atoms with E-state index in [9.17, 15) is 64.2 Å². The number of hydrogen-bond donors (Lipinski definition) is 14. The van der Waals surface area contributed by atoms with Crippen molar-refractivity contribution in [1.29, 1.82) is 0 Å². The van der Waals surface area contributed by atoms with Gasteiger partial charge in [-0.3, -0.25) is 0 Å². The molecular weight excluding hydrogens is 1390 g/mol. The van der Waals surface area contributed by atoms with Gasteiger partial charge in [-0.25, -0.2) is 0 Å². The van der Waals surface area contributed by atoms with E-state index in [1.807, 2.05) is 147 Å². The fraction of sp³-hybridized carbons (Fsp3) is 0.239. The molecule has 12 aromatic carbocycles. The lowest BCUT2D eigenvalue weighted by Gasteiger charge is -2.12. The summed E-state index contributed by atoms with van der Waals surface area (Å²) in [5.74, 6) is 2.95. The van der Waals surface area contributed by atoms with Crippen LogP contribution in [0.3, 0.4) is 0 Å². The van der Waals surface area contributed by atoms with E-state index in [1.54, 1.807) is 195 Å². The average molecular weight is 1500 g/mol. The molecule has 0 saturated heterocycles. The third kappa shape index (κ3) is 31.9. The minimum atomic E-state index is -4.24. The summed E-state index contributed by atoms with van der Waals surface area (Å²) in [6.07, 6.45) is -4.24. The highest BCUT2D eigenvalue weighted by molar-refractivity contribution is 5.92. The van der Waals surface area contributed by atoms with E-state index in [0.717, 1.165) is 22.3 Å². The molecular formula is C92H111F3O14. The number of alkyl halides is 3. The van der Waals surface area contributed by atoms with Crippen molar-refractivity contribution in [2.75, 3.05) is 0 Å². The van der Waals surface area contributed by atoms with Crippen LogP contribution in [0.4, 0.5) is 13.2 Å². The van der Waals surface area contributed by atoms with Crippen molar-refractivity contribution in [1.82, 2.24) is 0 Å². The van der Waals surface area contributed by atoms with Crippen LogP contribution in [-0.2, 0) is 6.18 Å². The maximum absolute atomic E-state index is 12.4. The van der Waals surface area contributed by atoms with Gasteiger partial charge in [0, 0.05) is 56.3 Å². The summed E-state index contributed by atoms with van der Waals surface area (Å²) >= 11 is 0. The molecule has 0 bridgehead atoms. The first-order valence-electron chi connectivity index (χ1n) is 36.1. The van der Waals surface area contributed by atoms with Crippen LogP contribution in [0.1, 0.15) is 168 Å². The second-order valence-corrected chi connectivity index (χ2v) is 24.2. The van der Waals surface area contributed by atoms with Gasteiger partial charge in [-0.15, -0.1) is 0 Å². The zero-order valence-electron chi connectivity index (χ0n) is 65.5. The summed E-state index contributed by atoms with van der Waals surface area (Å²) in [6, 6.07) is 70.2. The van der Waals surface area contributed by atoms with E-state index in [-0.39, 0.29) is 98.2 Å². The summed E-state index contributed by atoms with van der Waals surface area (Å²) in [5.41, 5.74) is 7.46. The fourth-order valence-electron chi connectivity index (χ4n) is 9.74. The van der Waals surface area contributed by atoms with Crippen molar-refractivity contribution in [3.63, 3.8) is 0 Å². The van der Waals surface area contributed by atoms with Crippen molar-refractivity contribution >= 4 is 10.8 Å². The molecule has 12 rings (SSSR count).